The van der Waals surface area contributed by atoms with Gasteiger partial charge >= 0.3 is 0 Å². The lowest BCUT2D eigenvalue weighted by molar-refractivity contribution is -0.115. The standard InChI is InChI=1S/C28H24ClN3O2S2/c1-34-25-17-12-20(29)18-24(25)32-27(33)26(19-8-4-2-5-9-19)36-23-15-13-22(14-16-23)31-28(35)30-21-10-6-3-7-11-21/h2-18,26H,1H3,(H,32,33)(H2,30,31,35). The van der Waals surface area contributed by atoms with Gasteiger partial charge in [-0.3, -0.25) is 4.79 Å². The average molecular weight is 534 g/mol. The van der Waals surface area contributed by atoms with Gasteiger partial charge in [-0.25, -0.2) is 0 Å². The Bertz CT molecular complexity index is 1320. The van der Waals surface area contributed by atoms with Gasteiger partial charge in [-0.2, -0.15) is 0 Å². The molecule has 182 valence electrons. The SMILES string of the molecule is COc1ccc(Cl)cc1NC(=O)C(Sc1ccc(NC(=S)Nc2ccccc2)cc1)c1ccccc1. The molecule has 4 aromatic carbocycles. The summed E-state index contributed by atoms with van der Waals surface area (Å²) in [5, 5.41) is 9.83. The first kappa shape index (κ1) is 25.6. The summed E-state index contributed by atoms with van der Waals surface area (Å²) in [5.74, 6) is 0.363. The van der Waals surface area contributed by atoms with Crippen molar-refractivity contribution in [1.29, 1.82) is 0 Å². The molecule has 3 N–H and O–H groups in total. The predicted octanol–water partition coefficient (Wildman–Crippen LogP) is 7.63. The number of rotatable bonds is 8. The number of hydrogen-bond acceptors (Lipinski definition) is 4. The Morgan fingerprint density at radius 2 is 1.44 bits per heavy atom. The summed E-state index contributed by atoms with van der Waals surface area (Å²) in [5.41, 5.74) is 3.17. The third-order valence-corrected chi connectivity index (χ3v) is 6.86. The number of benzene rings is 4. The fourth-order valence-electron chi connectivity index (χ4n) is 3.44. The Balaban J connectivity index is 1.47. The van der Waals surface area contributed by atoms with E-state index in [0.717, 1.165) is 21.8 Å². The van der Waals surface area contributed by atoms with Crippen LogP contribution in [0.5, 0.6) is 5.75 Å². The van der Waals surface area contributed by atoms with Crippen molar-refractivity contribution >= 4 is 63.7 Å². The van der Waals surface area contributed by atoms with Crippen LogP contribution < -0.4 is 20.7 Å². The van der Waals surface area contributed by atoms with Crippen molar-refractivity contribution in [3.63, 3.8) is 0 Å². The maximum absolute atomic E-state index is 13.4. The number of para-hydroxylation sites is 1. The second kappa shape index (κ2) is 12.4. The Morgan fingerprint density at radius 3 is 2.08 bits per heavy atom. The Kier molecular flexibility index (Phi) is 8.84. The molecule has 8 heteroatoms. The van der Waals surface area contributed by atoms with Crippen LogP contribution in [0.25, 0.3) is 0 Å². The Hall–Kier alpha value is -3.52. The average Bonchev–Trinajstić information content (AvgIpc) is 2.89. The van der Waals surface area contributed by atoms with Crippen molar-refractivity contribution < 1.29 is 9.53 Å². The smallest absolute Gasteiger partial charge is 0.242 e. The first-order valence-corrected chi connectivity index (χ1v) is 12.8. The number of carbonyl (C=O) groups is 1. The molecule has 0 fully saturated rings. The number of ether oxygens (including phenoxy) is 1. The summed E-state index contributed by atoms with van der Waals surface area (Å²) in [6.45, 7) is 0. The van der Waals surface area contributed by atoms with E-state index < -0.39 is 5.25 Å². The summed E-state index contributed by atoms with van der Waals surface area (Å²) in [4.78, 5) is 14.3. The highest BCUT2D eigenvalue weighted by molar-refractivity contribution is 8.00. The number of methoxy groups -OCH3 is 1. The first-order chi connectivity index (χ1) is 17.5. The number of hydrogen-bond donors (Lipinski definition) is 3. The number of nitrogens with one attached hydrogen (secondary N) is 3. The quantitative estimate of drug-likeness (QED) is 0.160. The van der Waals surface area contributed by atoms with Crippen LogP contribution in [0.15, 0.2) is 108 Å². The molecule has 0 saturated carbocycles. The zero-order chi connectivity index (χ0) is 25.3. The maximum Gasteiger partial charge on any atom is 0.242 e. The molecule has 36 heavy (non-hydrogen) atoms. The van der Waals surface area contributed by atoms with Gasteiger partial charge in [-0.05, 0) is 72.4 Å². The lowest BCUT2D eigenvalue weighted by atomic mass is 10.1. The normalized spacial score (nSPS) is 11.3. The Labute approximate surface area is 225 Å². The van der Waals surface area contributed by atoms with Crippen molar-refractivity contribution in [3.05, 3.63) is 114 Å². The van der Waals surface area contributed by atoms with Crippen LogP contribution in [-0.2, 0) is 4.79 Å². The molecule has 0 heterocycles. The minimum Gasteiger partial charge on any atom is -0.495 e. The number of anilines is 3. The van der Waals surface area contributed by atoms with Crippen LogP contribution in [0.2, 0.25) is 5.02 Å². The van der Waals surface area contributed by atoms with Gasteiger partial charge in [0.15, 0.2) is 5.11 Å². The van der Waals surface area contributed by atoms with Gasteiger partial charge in [0.25, 0.3) is 0 Å². The van der Waals surface area contributed by atoms with Crippen molar-refractivity contribution in [1.82, 2.24) is 0 Å². The summed E-state index contributed by atoms with van der Waals surface area (Å²) in [7, 11) is 1.55. The molecule has 0 aromatic heterocycles. The topological polar surface area (TPSA) is 62.4 Å². The molecule has 0 aliphatic carbocycles. The van der Waals surface area contributed by atoms with Gasteiger partial charge in [0, 0.05) is 21.3 Å². The highest BCUT2D eigenvalue weighted by Gasteiger charge is 2.23. The fourth-order valence-corrected chi connectivity index (χ4v) is 4.88. The summed E-state index contributed by atoms with van der Waals surface area (Å²) < 4.78 is 5.38. The minimum atomic E-state index is -0.491. The molecule has 0 aliphatic rings. The van der Waals surface area contributed by atoms with Crippen LogP contribution in [0, 0.1) is 0 Å². The molecule has 0 aliphatic heterocycles. The van der Waals surface area contributed by atoms with E-state index in [1.165, 1.54) is 11.8 Å². The maximum atomic E-state index is 13.4. The third-order valence-electron chi connectivity index (χ3n) is 5.16. The fraction of sp³-hybridized carbons (Fsp3) is 0.0714. The first-order valence-electron chi connectivity index (χ1n) is 11.1. The van der Waals surface area contributed by atoms with Crippen LogP contribution in [0.1, 0.15) is 10.8 Å². The number of thiocarbonyl (C=S) groups is 1. The van der Waals surface area contributed by atoms with Gasteiger partial charge in [0.1, 0.15) is 11.0 Å². The van der Waals surface area contributed by atoms with Gasteiger partial charge in [-0.1, -0.05) is 60.1 Å². The van der Waals surface area contributed by atoms with E-state index in [2.05, 4.69) is 16.0 Å². The number of amides is 1. The van der Waals surface area contributed by atoms with E-state index >= 15 is 0 Å². The minimum absolute atomic E-state index is 0.179. The molecule has 0 radical (unpaired) electrons. The zero-order valence-corrected chi connectivity index (χ0v) is 21.8. The molecule has 1 atom stereocenters. The van der Waals surface area contributed by atoms with Gasteiger partial charge in [0.05, 0.1) is 12.8 Å². The van der Waals surface area contributed by atoms with E-state index in [9.17, 15) is 4.79 Å². The third kappa shape index (κ3) is 7.01. The summed E-state index contributed by atoms with van der Waals surface area (Å²) in [6.07, 6.45) is 0. The second-order valence-corrected chi connectivity index (χ2v) is 9.74. The van der Waals surface area contributed by atoms with E-state index in [-0.39, 0.29) is 5.91 Å². The lowest BCUT2D eigenvalue weighted by Gasteiger charge is -2.19. The van der Waals surface area contributed by atoms with Crippen molar-refractivity contribution in [2.45, 2.75) is 10.1 Å². The largest absolute Gasteiger partial charge is 0.495 e. The summed E-state index contributed by atoms with van der Waals surface area (Å²) in [6, 6.07) is 32.3. The van der Waals surface area contributed by atoms with E-state index in [1.807, 2.05) is 84.9 Å². The van der Waals surface area contributed by atoms with Gasteiger partial charge in [0.2, 0.25) is 5.91 Å². The van der Waals surface area contributed by atoms with Crippen LogP contribution in [-0.4, -0.2) is 18.1 Å². The molecular formula is C28H24ClN3O2S2. The molecule has 0 spiro atoms. The van der Waals surface area contributed by atoms with Crippen LogP contribution in [0.4, 0.5) is 17.1 Å². The van der Waals surface area contributed by atoms with Crippen molar-refractivity contribution in [3.8, 4) is 5.75 Å². The van der Waals surface area contributed by atoms with E-state index in [0.29, 0.717) is 21.6 Å². The molecule has 0 saturated heterocycles. The predicted molar refractivity (Wildman–Crippen MR) is 154 cm³/mol. The number of carbonyl (C=O) groups excluding carboxylic acids is 1. The second-order valence-electron chi connectivity index (χ2n) is 7.71. The molecular weight excluding hydrogens is 510 g/mol. The molecule has 1 unspecified atom stereocenters. The van der Waals surface area contributed by atoms with Gasteiger partial charge < -0.3 is 20.7 Å². The molecule has 1 amide bonds. The van der Waals surface area contributed by atoms with Crippen molar-refractivity contribution in [2.75, 3.05) is 23.1 Å². The summed E-state index contributed by atoms with van der Waals surface area (Å²) >= 11 is 13.0. The highest BCUT2D eigenvalue weighted by atomic mass is 35.5. The number of halogens is 1. The van der Waals surface area contributed by atoms with Crippen molar-refractivity contribution in [2.24, 2.45) is 0 Å². The van der Waals surface area contributed by atoms with E-state index in [4.69, 9.17) is 28.6 Å². The molecule has 4 aromatic rings. The molecule has 5 nitrogen and oxygen atoms in total. The van der Waals surface area contributed by atoms with Gasteiger partial charge in [-0.15, -0.1) is 11.8 Å². The number of thioether (sulfide) groups is 1. The van der Waals surface area contributed by atoms with E-state index in [1.54, 1.807) is 25.3 Å². The van der Waals surface area contributed by atoms with Crippen LogP contribution >= 0.6 is 35.6 Å². The lowest BCUT2D eigenvalue weighted by Crippen LogP contribution is -2.19. The monoisotopic (exact) mass is 533 g/mol. The zero-order valence-electron chi connectivity index (χ0n) is 19.4. The molecule has 0 bridgehead atoms. The van der Waals surface area contributed by atoms with Crippen LogP contribution in [0.3, 0.4) is 0 Å². The Morgan fingerprint density at radius 1 is 0.833 bits per heavy atom. The molecule has 4 rings (SSSR count). The highest BCUT2D eigenvalue weighted by Crippen LogP contribution is 2.38.